The van der Waals surface area contributed by atoms with E-state index in [-0.39, 0.29) is 5.56 Å². The number of aliphatic hydroxyl groups excluding tert-OH is 1. The second-order valence-corrected chi connectivity index (χ2v) is 3.85. The lowest BCUT2D eigenvalue weighted by Gasteiger charge is -2.14. The number of aliphatic hydroxyl groups is 1. The van der Waals surface area contributed by atoms with Crippen molar-refractivity contribution in [3.05, 3.63) is 29.3 Å². The van der Waals surface area contributed by atoms with Crippen molar-refractivity contribution in [3.8, 4) is 0 Å². The fourth-order valence-corrected chi connectivity index (χ4v) is 2.13. The molecule has 0 aliphatic carbocycles. The lowest BCUT2D eigenvalue weighted by atomic mass is 10.1. The normalized spacial score (nSPS) is 14.4. The molecule has 0 aliphatic heterocycles. The van der Waals surface area contributed by atoms with E-state index in [0.717, 1.165) is 11.3 Å². The molecule has 0 saturated heterocycles. The Labute approximate surface area is 87.0 Å². The molecular weight excluding hydrogens is 227 g/mol. The number of aromatic nitrogens is 1. The first-order valence-electron chi connectivity index (χ1n) is 4.07. The maximum Gasteiger partial charge on any atom is 0.418 e. The standard InChI is InChI=1S/C9H6F3NOS/c10-9(11,12)8(14)5-2-1-3-6-7(5)15-4-13-6/h1-4,8,14H. The highest BCUT2D eigenvalue weighted by Crippen LogP contribution is 2.36. The average molecular weight is 233 g/mol. The predicted molar refractivity (Wildman–Crippen MR) is 50.6 cm³/mol. The Balaban J connectivity index is 2.56. The van der Waals surface area contributed by atoms with Gasteiger partial charge < -0.3 is 5.11 Å². The second-order valence-electron chi connectivity index (χ2n) is 2.99. The molecular formula is C9H6F3NOS. The van der Waals surface area contributed by atoms with Gasteiger partial charge in [0.05, 0.1) is 15.7 Å². The number of benzene rings is 1. The van der Waals surface area contributed by atoms with Crippen LogP contribution < -0.4 is 0 Å². The van der Waals surface area contributed by atoms with E-state index in [1.54, 1.807) is 6.07 Å². The van der Waals surface area contributed by atoms with Gasteiger partial charge in [-0.25, -0.2) is 4.98 Å². The van der Waals surface area contributed by atoms with Gasteiger partial charge in [0.25, 0.3) is 0 Å². The minimum absolute atomic E-state index is 0.137. The Morgan fingerprint density at radius 1 is 1.33 bits per heavy atom. The smallest absolute Gasteiger partial charge is 0.379 e. The fraction of sp³-hybridized carbons (Fsp3) is 0.222. The maximum absolute atomic E-state index is 12.3. The summed E-state index contributed by atoms with van der Waals surface area (Å²) in [6.07, 6.45) is -7.08. The quantitative estimate of drug-likeness (QED) is 0.821. The number of alkyl halides is 3. The van der Waals surface area contributed by atoms with E-state index in [1.165, 1.54) is 17.6 Å². The van der Waals surface area contributed by atoms with E-state index >= 15 is 0 Å². The minimum Gasteiger partial charge on any atom is -0.379 e. The zero-order valence-electron chi connectivity index (χ0n) is 7.32. The van der Waals surface area contributed by atoms with Gasteiger partial charge in [-0.2, -0.15) is 13.2 Å². The van der Waals surface area contributed by atoms with Crippen molar-refractivity contribution in [1.29, 1.82) is 0 Å². The average Bonchev–Trinajstić information content (AvgIpc) is 2.62. The summed E-state index contributed by atoms with van der Waals surface area (Å²) >= 11 is 1.09. The van der Waals surface area contributed by atoms with Gasteiger partial charge >= 0.3 is 6.18 Å². The van der Waals surface area contributed by atoms with Crippen molar-refractivity contribution in [2.24, 2.45) is 0 Å². The van der Waals surface area contributed by atoms with Crippen LogP contribution in [0.25, 0.3) is 10.2 Å². The summed E-state index contributed by atoms with van der Waals surface area (Å²) in [7, 11) is 0. The van der Waals surface area contributed by atoms with Crippen LogP contribution in [0.5, 0.6) is 0 Å². The van der Waals surface area contributed by atoms with Gasteiger partial charge in [0.15, 0.2) is 6.10 Å². The second kappa shape index (κ2) is 3.46. The molecule has 80 valence electrons. The maximum atomic E-state index is 12.3. The molecule has 15 heavy (non-hydrogen) atoms. The van der Waals surface area contributed by atoms with Gasteiger partial charge in [0, 0.05) is 5.56 Å². The van der Waals surface area contributed by atoms with Crippen molar-refractivity contribution in [2.45, 2.75) is 12.3 Å². The Bertz CT molecular complexity index is 479. The molecule has 1 unspecified atom stereocenters. The first kappa shape index (κ1) is 10.4. The molecule has 0 aliphatic rings. The van der Waals surface area contributed by atoms with Crippen LogP contribution in [-0.4, -0.2) is 16.3 Å². The summed E-state index contributed by atoms with van der Waals surface area (Å²) < 4.78 is 37.3. The summed E-state index contributed by atoms with van der Waals surface area (Å²) in [6.45, 7) is 0. The van der Waals surface area contributed by atoms with Crippen LogP contribution in [0.4, 0.5) is 13.2 Å². The van der Waals surface area contributed by atoms with Gasteiger partial charge in [-0.15, -0.1) is 11.3 Å². The van der Waals surface area contributed by atoms with E-state index in [0.29, 0.717) is 10.2 Å². The van der Waals surface area contributed by atoms with Crippen LogP contribution in [0.15, 0.2) is 23.7 Å². The van der Waals surface area contributed by atoms with Crippen molar-refractivity contribution in [3.63, 3.8) is 0 Å². The SMILES string of the molecule is OC(c1cccc2ncsc12)C(F)(F)F. The number of rotatable bonds is 1. The number of thiazole rings is 1. The van der Waals surface area contributed by atoms with Gasteiger partial charge in [0.1, 0.15) is 0 Å². The van der Waals surface area contributed by atoms with Crippen LogP contribution in [0.2, 0.25) is 0 Å². The number of halogens is 3. The van der Waals surface area contributed by atoms with Gasteiger partial charge in [-0.05, 0) is 6.07 Å². The summed E-state index contributed by atoms with van der Waals surface area (Å²) in [5.74, 6) is 0. The molecule has 1 atom stereocenters. The van der Waals surface area contributed by atoms with Crippen LogP contribution in [-0.2, 0) is 0 Å². The van der Waals surface area contributed by atoms with Crippen molar-refractivity contribution >= 4 is 21.6 Å². The Morgan fingerprint density at radius 2 is 2.07 bits per heavy atom. The first-order valence-corrected chi connectivity index (χ1v) is 4.95. The third-order valence-corrected chi connectivity index (χ3v) is 2.88. The minimum atomic E-state index is -4.64. The van der Waals surface area contributed by atoms with Crippen LogP contribution in [0.3, 0.4) is 0 Å². The van der Waals surface area contributed by atoms with E-state index in [4.69, 9.17) is 5.11 Å². The number of hydrogen-bond donors (Lipinski definition) is 1. The summed E-state index contributed by atoms with van der Waals surface area (Å²) in [6, 6.07) is 4.32. The summed E-state index contributed by atoms with van der Waals surface area (Å²) in [5, 5.41) is 9.13. The van der Waals surface area contributed by atoms with Gasteiger partial charge in [-0.1, -0.05) is 12.1 Å². The van der Waals surface area contributed by atoms with Gasteiger partial charge in [0.2, 0.25) is 0 Å². The van der Waals surface area contributed by atoms with Crippen LogP contribution >= 0.6 is 11.3 Å². The monoisotopic (exact) mass is 233 g/mol. The molecule has 6 heteroatoms. The zero-order valence-corrected chi connectivity index (χ0v) is 8.14. The molecule has 0 fully saturated rings. The molecule has 1 heterocycles. The molecule has 0 saturated carbocycles. The molecule has 0 spiro atoms. The predicted octanol–water partition coefficient (Wildman–Crippen LogP) is 2.89. The highest BCUT2D eigenvalue weighted by Gasteiger charge is 2.40. The van der Waals surface area contributed by atoms with E-state index in [1.807, 2.05) is 0 Å². The van der Waals surface area contributed by atoms with Crippen molar-refractivity contribution in [2.75, 3.05) is 0 Å². The number of hydrogen-bond acceptors (Lipinski definition) is 3. The topological polar surface area (TPSA) is 33.1 Å². The Hall–Kier alpha value is -1.14. The first-order chi connectivity index (χ1) is 7.00. The highest BCUT2D eigenvalue weighted by atomic mass is 32.1. The van der Waals surface area contributed by atoms with Crippen molar-refractivity contribution in [1.82, 2.24) is 4.98 Å². The molecule has 2 rings (SSSR count). The third kappa shape index (κ3) is 1.82. The molecule has 0 bridgehead atoms. The molecule has 1 aromatic carbocycles. The number of nitrogens with zero attached hydrogens (tertiary/aromatic N) is 1. The summed E-state index contributed by atoms with van der Waals surface area (Å²) in [5.41, 5.74) is 1.79. The third-order valence-electron chi connectivity index (χ3n) is 1.99. The molecule has 0 radical (unpaired) electrons. The lowest BCUT2D eigenvalue weighted by molar-refractivity contribution is -0.206. The van der Waals surface area contributed by atoms with E-state index in [9.17, 15) is 13.2 Å². The van der Waals surface area contributed by atoms with E-state index < -0.39 is 12.3 Å². The molecule has 2 aromatic rings. The number of fused-ring (bicyclic) bond motifs is 1. The van der Waals surface area contributed by atoms with Crippen molar-refractivity contribution < 1.29 is 18.3 Å². The van der Waals surface area contributed by atoms with Gasteiger partial charge in [-0.3, -0.25) is 0 Å². The fourth-order valence-electron chi connectivity index (χ4n) is 1.30. The molecule has 1 N–H and O–H groups in total. The van der Waals surface area contributed by atoms with Crippen LogP contribution in [0, 0.1) is 0 Å². The largest absolute Gasteiger partial charge is 0.418 e. The molecule has 0 amide bonds. The zero-order chi connectivity index (χ0) is 11.1. The summed E-state index contributed by atoms with van der Waals surface area (Å²) in [4.78, 5) is 3.88. The lowest BCUT2D eigenvalue weighted by Crippen LogP contribution is -2.20. The highest BCUT2D eigenvalue weighted by molar-refractivity contribution is 7.16. The Kier molecular flexibility index (Phi) is 2.40. The molecule has 1 aromatic heterocycles. The molecule has 2 nitrogen and oxygen atoms in total. The van der Waals surface area contributed by atoms with Crippen LogP contribution in [0.1, 0.15) is 11.7 Å². The Morgan fingerprint density at radius 3 is 2.73 bits per heavy atom. The van der Waals surface area contributed by atoms with E-state index in [2.05, 4.69) is 4.98 Å².